The Labute approximate surface area is 170 Å². The van der Waals surface area contributed by atoms with Crippen molar-refractivity contribution in [3.8, 4) is 0 Å². The van der Waals surface area contributed by atoms with Crippen LogP contribution in [0.5, 0.6) is 0 Å². The van der Waals surface area contributed by atoms with Crippen LogP contribution < -0.4 is 10.6 Å². The first-order chi connectivity index (χ1) is 13.8. The van der Waals surface area contributed by atoms with Crippen molar-refractivity contribution in [2.45, 2.75) is 44.0 Å². The van der Waals surface area contributed by atoms with Crippen LogP contribution in [0.4, 0.5) is 0 Å². The van der Waals surface area contributed by atoms with Crippen molar-refractivity contribution >= 4 is 27.8 Å². The fourth-order valence-electron chi connectivity index (χ4n) is 2.83. The third-order valence-electron chi connectivity index (χ3n) is 4.43. The molecule has 0 spiro atoms. The normalized spacial score (nSPS) is 15.5. The number of hydrogen-bond donors (Lipinski definition) is 2. The Morgan fingerprint density at radius 1 is 1.21 bits per heavy atom. The van der Waals surface area contributed by atoms with E-state index in [0.29, 0.717) is 19.6 Å². The Morgan fingerprint density at radius 2 is 1.90 bits per heavy atom. The highest BCUT2D eigenvalue weighted by atomic mass is 32.2. The molecule has 2 N–H and O–H groups in total. The maximum absolute atomic E-state index is 12.6. The van der Waals surface area contributed by atoms with Gasteiger partial charge in [-0.2, -0.15) is 4.31 Å². The molecule has 0 radical (unpaired) electrons. The van der Waals surface area contributed by atoms with Crippen molar-refractivity contribution in [2.75, 3.05) is 26.2 Å². The first-order valence-electron chi connectivity index (χ1n) is 9.60. The van der Waals surface area contributed by atoms with E-state index in [1.165, 1.54) is 35.5 Å². The number of esters is 1. The quantitative estimate of drug-likeness (QED) is 0.561. The minimum absolute atomic E-state index is 0.0134. The van der Waals surface area contributed by atoms with Gasteiger partial charge in [0.05, 0.1) is 10.5 Å². The van der Waals surface area contributed by atoms with E-state index >= 15 is 0 Å². The SMILES string of the molecule is CCCNC(=O)[C@@H](C)NC(=O)COC(=O)c1cccc(S(=O)(=O)N2CCCC2)c1. The van der Waals surface area contributed by atoms with Crippen molar-refractivity contribution in [1.29, 1.82) is 0 Å². The van der Waals surface area contributed by atoms with Gasteiger partial charge in [-0.05, 0) is 44.4 Å². The van der Waals surface area contributed by atoms with Crippen LogP contribution in [-0.2, 0) is 24.3 Å². The monoisotopic (exact) mass is 425 g/mol. The number of rotatable bonds is 9. The van der Waals surface area contributed by atoms with Gasteiger partial charge in [0.25, 0.3) is 5.91 Å². The zero-order valence-electron chi connectivity index (χ0n) is 16.6. The number of ether oxygens (including phenoxy) is 1. The average molecular weight is 426 g/mol. The summed E-state index contributed by atoms with van der Waals surface area (Å²) in [7, 11) is -3.66. The molecule has 9 nitrogen and oxygen atoms in total. The average Bonchev–Trinajstić information content (AvgIpc) is 3.26. The van der Waals surface area contributed by atoms with Crippen molar-refractivity contribution in [1.82, 2.24) is 14.9 Å². The molecule has 2 rings (SSSR count). The molecule has 2 amide bonds. The van der Waals surface area contributed by atoms with E-state index in [4.69, 9.17) is 4.74 Å². The Morgan fingerprint density at radius 3 is 2.55 bits per heavy atom. The van der Waals surface area contributed by atoms with Crippen LogP contribution in [0.2, 0.25) is 0 Å². The summed E-state index contributed by atoms with van der Waals surface area (Å²) in [5, 5.41) is 5.09. The lowest BCUT2D eigenvalue weighted by Crippen LogP contribution is -2.46. The number of amides is 2. The lowest BCUT2D eigenvalue weighted by molar-refractivity contribution is -0.130. The van der Waals surface area contributed by atoms with Gasteiger partial charge in [0.15, 0.2) is 6.61 Å². The molecule has 1 aromatic rings. The second-order valence-corrected chi connectivity index (χ2v) is 8.73. The molecule has 1 aromatic carbocycles. The smallest absolute Gasteiger partial charge is 0.338 e. The minimum Gasteiger partial charge on any atom is -0.452 e. The number of hydrogen-bond acceptors (Lipinski definition) is 6. The third kappa shape index (κ3) is 6.26. The van der Waals surface area contributed by atoms with Crippen molar-refractivity contribution in [2.24, 2.45) is 0 Å². The van der Waals surface area contributed by atoms with Gasteiger partial charge in [0.1, 0.15) is 6.04 Å². The summed E-state index contributed by atoms with van der Waals surface area (Å²) in [6, 6.07) is 4.79. The summed E-state index contributed by atoms with van der Waals surface area (Å²) in [5.74, 6) is -1.77. The van der Waals surface area contributed by atoms with Crippen LogP contribution in [0.15, 0.2) is 29.2 Å². The molecule has 10 heteroatoms. The van der Waals surface area contributed by atoms with Gasteiger partial charge in [0, 0.05) is 19.6 Å². The molecular formula is C19H27N3O6S. The molecule has 1 saturated heterocycles. The summed E-state index contributed by atoms with van der Waals surface area (Å²) >= 11 is 0. The van der Waals surface area contributed by atoms with Crippen LogP contribution in [0.3, 0.4) is 0 Å². The largest absolute Gasteiger partial charge is 0.452 e. The Kier molecular flexibility index (Phi) is 8.15. The standard InChI is InChI=1S/C19H27N3O6S/c1-3-9-20-18(24)14(2)21-17(23)13-28-19(25)15-7-6-8-16(12-15)29(26,27)22-10-4-5-11-22/h6-8,12,14H,3-5,9-11,13H2,1-2H3,(H,20,24)(H,21,23)/t14-/m1/s1. The summed E-state index contributed by atoms with van der Waals surface area (Å²) in [6.07, 6.45) is 2.40. The molecule has 0 aromatic heterocycles. The summed E-state index contributed by atoms with van der Waals surface area (Å²) in [6.45, 7) is 4.28. The number of nitrogens with one attached hydrogen (secondary N) is 2. The minimum atomic E-state index is -3.66. The highest BCUT2D eigenvalue weighted by Gasteiger charge is 2.28. The van der Waals surface area contributed by atoms with Gasteiger partial charge in [-0.15, -0.1) is 0 Å². The first kappa shape index (κ1) is 22.8. The van der Waals surface area contributed by atoms with Gasteiger partial charge in [-0.3, -0.25) is 9.59 Å². The number of carbonyl (C=O) groups excluding carboxylic acids is 3. The van der Waals surface area contributed by atoms with Crippen LogP contribution in [0, 0.1) is 0 Å². The van der Waals surface area contributed by atoms with E-state index in [0.717, 1.165) is 19.3 Å². The fraction of sp³-hybridized carbons (Fsp3) is 0.526. The Balaban J connectivity index is 1.92. The molecular weight excluding hydrogens is 398 g/mol. The number of sulfonamides is 1. The molecule has 160 valence electrons. The molecule has 0 saturated carbocycles. The summed E-state index contributed by atoms with van der Waals surface area (Å²) in [5.41, 5.74) is 0.0341. The summed E-state index contributed by atoms with van der Waals surface area (Å²) < 4.78 is 31.6. The summed E-state index contributed by atoms with van der Waals surface area (Å²) in [4.78, 5) is 35.9. The maximum atomic E-state index is 12.6. The van der Waals surface area contributed by atoms with E-state index in [9.17, 15) is 22.8 Å². The van der Waals surface area contributed by atoms with E-state index in [1.807, 2.05) is 6.92 Å². The van der Waals surface area contributed by atoms with E-state index in [1.54, 1.807) is 0 Å². The lowest BCUT2D eigenvalue weighted by atomic mass is 10.2. The van der Waals surface area contributed by atoms with Crippen LogP contribution in [0.25, 0.3) is 0 Å². The van der Waals surface area contributed by atoms with Crippen molar-refractivity contribution in [3.63, 3.8) is 0 Å². The zero-order chi connectivity index (χ0) is 21.4. The van der Waals surface area contributed by atoms with Gasteiger partial charge >= 0.3 is 5.97 Å². The van der Waals surface area contributed by atoms with Crippen molar-refractivity contribution < 1.29 is 27.5 Å². The van der Waals surface area contributed by atoms with Crippen LogP contribution in [-0.4, -0.2) is 62.8 Å². The van der Waals surface area contributed by atoms with Crippen LogP contribution in [0.1, 0.15) is 43.5 Å². The van der Waals surface area contributed by atoms with Gasteiger partial charge < -0.3 is 15.4 Å². The molecule has 0 aliphatic carbocycles. The Hall–Kier alpha value is -2.46. The molecule has 1 heterocycles. The molecule has 1 aliphatic rings. The van der Waals surface area contributed by atoms with E-state index in [2.05, 4.69) is 10.6 Å². The molecule has 0 unspecified atom stereocenters. The highest BCUT2D eigenvalue weighted by Crippen LogP contribution is 2.21. The number of carbonyl (C=O) groups is 3. The maximum Gasteiger partial charge on any atom is 0.338 e. The van der Waals surface area contributed by atoms with E-state index < -0.39 is 34.5 Å². The fourth-order valence-corrected chi connectivity index (χ4v) is 4.39. The van der Waals surface area contributed by atoms with Gasteiger partial charge in [-0.25, -0.2) is 13.2 Å². The second-order valence-electron chi connectivity index (χ2n) is 6.80. The third-order valence-corrected chi connectivity index (χ3v) is 6.32. The molecule has 1 aliphatic heterocycles. The molecule has 29 heavy (non-hydrogen) atoms. The zero-order valence-corrected chi connectivity index (χ0v) is 17.5. The first-order valence-corrected chi connectivity index (χ1v) is 11.0. The van der Waals surface area contributed by atoms with Crippen molar-refractivity contribution in [3.05, 3.63) is 29.8 Å². The second kappa shape index (κ2) is 10.4. The predicted octanol–water partition coefficient (Wildman–Crippen LogP) is 0.659. The Bertz CT molecular complexity index is 849. The molecule has 1 fully saturated rings. The highest BCUT2D eigenvalue weighted by molar-refractivity contribution is 7.89. The lowest BCUT2D eigenvalue weighted by Gasteiger charge is -2.16. The molecule has 0 bridgehead atoms. The van der Waals surface area contributed by atoms with Gasteiger partial charge in [-0.1, -0.05) is 13.0 Å². The van der Waals surface area contributed by atoms with Gasteiger partial charge in [0.2, 0.25) is 15.9 Å². The number of benzene rings is 1. The van der Waals surface area contributed by atoms with E-state index in [-0.39, 0.29) is 16.4 Å². The molecule has 1 atom stereocenters. The topological polar surface area (TPSA) is 122 Å². The number of nitrogens with zero attached hydrogens (tertiary/aromatic N) is 1. The predicted molar refractivity (Wildman–Crippen MR) is 106 cm³/mol. The van der Waals surface area contributed by atoms with Crippen LogP contribution >= 0.6 is 0 Å².